The number of carbonyl (C=O) groups is 1. The van der Waals surface area contributed by atoms with Crippen molar-refractivity contribution in [2.24, 2.45) is 0 Å². The van der Waals surface area contributed by atoms with E-state index < -0.39 is 0 Å². The monoisotopic (exact) mass is 248 g/mol. The molecule has 2 rings (SSSR count). The highest BCUT2D eigenvalue weighted by Gasteiger charge is 2.11. The summed E-state index contributed by atoms with van der Waals surface area (Å²) in [6.07, 6.45) is 2.19. The van der Waals surface area contributed by atoms with E-state index in [-0.39, 0.29) is 6.09 Å². The van der Waals surface area contributed by atoms with Gasteiger partial charge in [-0.2, -0.15) is 0 Å². The first-order valence-electron chi connectivity index (χ1n) is 6.51. The number of nitrogens with zero attached hydrogens (tertiary/aromatic N) is 1. The van der Waals surface area contributed by atoms with Crippen LogP contribution in [0.3, 0.4) is 0 Å². The van der Waals surface area contributed by atoms with E-state index in [0.717, 1.165) is 25.2 Å². The number of alkyl carbamates (subject to hydrolysis) is 1. The molecule has 1 aliphatic rings. The van der Waals surface area contributed by atoms with Crippen molar-refractivity contribution in [2.45, 2.75) is 19.4 Å². The fraction of sp³-hybridized carbons (Fsp3) is 0.500. The third kappa shape index (κ3) is 4.37. The molecule has 98 valence electrons. The van der Waals surface area contributed by atoms with Crippen LogP contribution in [0.5, 0.6) is 0 Å². The summed E-state index contributed by atoms with van der Waals surface area (Å²) in [6.45, 7) is 4.10. The van der Waals surface area contributed by atoms with E-state index in [1.54, 1.807) is 0 Å². The molecule has 1 saturated heterocycles. The van der Waals surface area contributed by atoms with Gasteiger partial charge in [0.25, 0.3) is 0 Å². The van der Waals surface area contributed by atoms with Gasteiger partial charge in [-0.25, -0.2) is 4.79 Å². The summed E-state index contributed by atoms with van der Waals surface area (Å²) in [7, 11) is 0. The Balaban J connectivity index is 1.57. The maximum absolute atomic E-state index is 11.4. The van der Waals surface area contributed by atoms with Crippen LogP contribution in [-0.2, 0) is 11.3 Å². The van der Waals surface area contributed by atoms with E-state index >= 15 is 0 Å². The molecule has 4 nitrogen and oxygen atoms in total. The zero-order valence-electron chi connectivity index (χ0n) is 10.6. The fourth-order valence-electron chi connectivity index (χ4n) is 2.09. The lowest BCUT2D eigenvalue weighted by molar-refractivity contribution is 0.132. The lowest BCUT2D eigenvalue weighted by Crippen LogP contribution is -2.29. The standard InChI is InChI=1S/C14H20N2O2/c17-14(15-12-13-6-2-1-3-7-13)18-11-10-16-8-4-5-9-16/h1-3,6-7H,4-5,8-12H2,(H,15,17). The molecule has 0 atom stereocenters. The van der Waals surface area contributed by atoms with Gasteiger partial charge < -0.3 is 10.1 Å². The minimum absolute atomic E-state index is 0.335. The predicted octanol–water partition coefficient (Wildman–Crippen LogP) is 2.01. The van der Waals surface area contributed by atoms with Crippen molar-refractivity contribution in [1.82, 2.24) is 10.2 Å². The number of ether oxygens (including phenoxy) is 1. The predicted molar refractivity (Wildman–Crippen MR) is 70.3 cm³/mol. The van der Waals surface area contributed by atoms with E-state index in [1.165, 1.54) is 12.8 Å². The molecule has 0 radical (unpaired) electrons. The van der Waals surface area contributed by atoms with E-state index in [1.807, 2.05) is 30.3 Å². The quantitative estimate of drug-likeness (QED) is 0.866. The van der Waals surface area contributed by atoms with Gasteiger partial charge in [-0.05, 0) is 31.5 Å². The van der Waals surface area contributed by atoms with Crippen LogP contribution >= 0.6 is 0 Å². The molecule has 1 aliphatic heterocycles. The van der Waals surface area contributed by atoms with E-state index in [4.69, 9.17) is 4.74 Å². The van der Waals surface area contributed by atoms with Gasteiger partial charge in [0.2, 0.25) is 0 Å². The summed E-state index contributed by atoms with van der Waals surface area (Å²) in [5, 5.41) is 2.74. The molecule has 1 N–H and O–H groups in total. The van der Waals surface area contributed by atoms with Gasteiger partial charge in [-0.1, -0.05) is 30.3 Å². The number of amides is 1. The number of rotatable bonds is 5. The van der Waals surface area contributed by atoms with Gasteiger partial charge >= 0.3 is 6.09 Å². The molecule has 1 heterocycles. The molecular weight excluding hydrogens is 228 g/mol. The first-order valence-corrected chi connectivity index (χ1v) is 6.51. The highest BCUT2D eigenvalue weighted by atomic mass is 16.5. The summed E-state index contributed by atoms with van der Waals surface area (Å²) in [4.78, 5) is 13.8. The summed E-state index contributed by atoms with van der Waals surface area (Å²) in [6, 6.07) is 9.82. The minimum atomic E-state index is -0.335. The van der Waals surface area contributed by atoms with Crippen molar-refractivity contribution in [2.75, 3.05) is 26.2 Å². The molecule has 4 heteroatoms. The fourth-order valence-corrected chi connectivity index (χ4v) is 2.09. The Morgan fingerprint density at radius 2 is 1.94 bits per heavy atom. The lowest BCUT2D eigenvalue weighted by Gasteiger charge is -2.14. The maximum Gasteiger partial charge on any atom is 0.407 e. The van der Waals surface area contributed by atoms with Gasteiger partial charge in [0.1, 0.15) is 6.61 Å². The molecule has 0 bridgehead atoms. The Bertz CT molecular complexity index is 361. The van der Waals surface area contributed by atoms with Crippen molar-refractivity contribution in [3.63, 3.8) is 0 Å². The van der Waals surface area contributed by atoms with Gasteiger partial charge in [0, 0.05) is 13.1 Å². The van der Waals surface area contributed by atoms with Gasteiger partial charge in [-0.15, -0.1) is 0 Å². The zero-order chi connectivity index (χ0) is 12.6. The number of likely N-dealkylation sites (tertiary alicyclic amines) is 1. The van der Waals surface area contributed by atoms with E-state index in [0.29, 0.717) is 13.2 Å². The zero-order valence-corrected chi connectivity index (χ0v) is 10.6. The van der Waals surface area contributed by atoms with E-state index in [2.05, 4.69) is 10.2 Å². The number of benzene rings is 1. The highest BCUT2D eigenvalue weighted by molar-refractivity contribution is 5.67. The maximum atomic E-state index is 11.4. The summed E-state index contributed by atoms with van der Waals surface area (Å²) >= 11 is 0. The number of nitrogens with one attached hydrogen (secondary N) is 1. The van der Waals surface area contributed by atoms with Crippen LogP contribution in [0.1, 0.15) is 18.4 Å². The van der Waals surface area contributed by atoms with Crippen LogP contribution in [0.15, 0.2) is 30.3 Å². The normalized spacial score (nSPS) is 15.6. The van der Waals surface area contributed by atoms with Crippen molar-refractivity contribution >= 4 is 6.09 Å². The molecule has 0 spiro atoms. The van der Waals surface area contributed by atoms with Crippen LogP contribution in [-0.4, -0.2) is 37.2 Å². The second-order valence-corrected chi connectivity index (χ2v) is 4.52. The average Bonchev–Trinajstić information content (AvgIpc) is 2.91. The molecule has 1 aromatic rings. The second kappa shape index (κ2) is 7.01. The Labute approximate surface area is 108 Å². The van der Waals surface area contributed by atoms with Crippen LogP contribution in [0, 0.1) is 0 Å². The Hall–Kier alpha value is -1.55. The first-order chi connectivity index (χ1) is 8.84. The Kier molecular flexibility index (Phi) is 5.02. The topological polar surface area (TPSA) is 41.6 Å². The summed E-state index contributed by atoms with van der Waals surface area (Å²) in [5.41, 5.74) is 1.08. The molecule has 1 amide bonds. The number of hydrogen-bond acceptors (Lipinski definition) is 3. The molecule has 0 saturated carbocycles. The van der Waals surface area contributed by atoms with Crippen LogP contribution in [0.4, 0.5) is 4.79 Å². The molecule has 1 fully saturated rings. The minimum Gasteiger partial charge on any atom is -0.448 e. The molecule has 0 aliphatic carbocycles. The highest BCUT2D eigenvalue weighted by Crippen LogP contribution is 2.06. The summed E-state index contributed by atoms with van der Waals surface area (Å²) in [5.74, 6) is 0. The van der Waals surface area contributed by atoms with Crippen LogP contribution in [0.25, 0.3) is 0 Å². The molecule has 18 heavy (non-hydrogen) atoms. The van der Waals surface area contributed by atoms with Crippen molar-refractivity contribution in [1.29, 1.82) is 0 Å². The van der Waals surface area contributed by atoms with E-state index in [9.17, 15) is 4.79 Å². The van der Waals surface area contributed by atoms with Gasteiger partial charge in [0.05, 0.1) is 0 Å². The Morgan fingerprint density at radius 1 is 1.22 bits per heavy atom. The molecule has 0 aromatic heterocycles. The van der Waals surface area contributed by atoms with Gasteiger partial charge in [-0.3, -0.25) is 4.90 Å². The van der Waals surface area contributed by atoms with Crippen molar-refractivity contribution in [3.8, 4) is 0 Å². The largest absolute Gasteiger partial charge is 0.448 e. The SMILES string of the molecule is O=C(NCc1ccccc1)OCCN1CCCC1. The molecular formula is C14H20N2O2. The van der Waals surface area contributed by atoms with Gasteiger partial charge in [0.15, 0.2) is 0 Å². The average molecular weight is 248 g/mol. The van der Waals surface area contributed by atoms with Crippen LogP contribution in [0.2, 0.25) is 0 Å². The second-order valence-electron chi connectivity index (χ2n) is 4.52. The third-order valence-corrected chi connectivity index (χ3v) is 3.12. The molecule has 0 unspecified atom stereocenters. The Morgan fingerprint density at radius 3 is 2.67 bits per heavy atom. The van der Waals surface area contributed by atoms with Crippen molar-refractivity contribution in [3.05, 3.63) is 35.9 Å². The van der Waals surface area contributed by atoms with Crippen LogP contribution < -0.4 is 5.32 Å². The number of carbonyl (C=O) groups excluding carboxylic acids is 1. The third-order valence-electron chi connectivity index (χ3n) is 3.12. The first kappa shape index (κ1) is 12.9. The van der Waals surface area contributed by atoms with Crippen molar-refractivity contribution < 1.29 is 9.53 Å². The number of hydrogen-bond donors (Lipinski definition) is 1. The smallest absolute Gasteiger partial charge is 0.407 e. The lowest BCUT2D eigenvalue weighted by atomic mass is 10.2. The molecule has 1 aromatic carbocycles. The summed E-state index contributed by atoms with van der Waals surface area (Å²) < 4.78 is 5.13.